The maximum atomic E-state index is 12.0. The molecule has 0 aromatic carbocycles. The van der Waals surface area contributed by atoms with Crippen LogP contribution in [-0.2, 0) is 19.1 Å². The second-order valence-electron chi connectivity index (χ2n) is 4.66. The van der Waals surface area contributed by atoms with Gasteiger partial charge in [0, 0.05) is 19.2 Å². The number of aliphatic carboxylic acids is 1. The van der Waals surface area contributed by atoms with Crippen molar-refractivity contribution in [2.24, 2.45) is 5.92 Å². The van der Waals surface area contributed by atoms with E-state index in [1.807, 2.05) is 6.92 Å². The van der Waals surface area contributed by atoms with Gasteiger partial charge in [-0.1, -0.05) is 0 Å². The van der Waals surface area contributed by atoms with E-state index in [-0.39, 0.29) is 18.6 Å². The largest absolute Gasteiger partial charge is 0.481 e. The van der Waals surface area contributed by atoms with Gasteiger partial charge in [0.2, 0.25) is 5.91 Å². The molecule has 1 aliphatic rings. The van der Waals surface area contributed by atoms with E-state index in [1.165, 1.54) is 0 Å². The van der Waals surface area contributed by atoms with Gasteiger partial charge in [-0.05, 0) is 26.7 Å². The van der Waals surface area contributed by atoms with E-state index in [9.17, 15) is 9.59 Å². The maximum absolute atomic E-state index is 12.0. The number of rotatable bonds is 7. The molecule has 1 amide bonds. The summed E-state index contributed by atoms with van der Waals surface area (Å²) < 4.78 is 10.3. The minimum absolute atomic E-state index is 0.0102. The van der Waals surface area contributed by atoms with Gasteiger partial charge in [0.1, 0.15) is 6.61 Å². The lowest BCUT2D eigenvalue weighted by Gasteiger charge is -2.37. The highest BCUT2D eigenvalue weighted by Gasteiger charge is 2.35. The third kappa shape index (κ3) is 4.80. The summed E-state index contributed by atoms with van der Waals surface area (Å²) in [6.07, 6.45) is 1.36. The fourth-order valence-electron chi connectivity index (χ4n) is 2.33. The molecule has 2 atom stereocenters. The molecule has 0 aromatic rings. The molecule has 6 nitrogen and oxygen atoms in total. The zero-order valence-corrected chi connectivity index (χ0v) is 11.6. The van der Waals surface area contributed by atoms with Gasteiger partial charge in [-0.25, -0.2) is 0 Å². The zero-order chi connectivity index (χ0) is 14.3. The summed E-state index contributed by atoms with van der Waals surface area (Å²) in [5, 5.41) is 9.10. The van der Waals surface area contributed by atoms with Crippen LogP contribution >= 0.6 is 0 Å². The van der Waals surface area contributed by atoms with Crippen molar-refractivity contribution in [3.05, 3.63) is 0 Å². The Kier molecular flexibility index (Phi) is 6.80. The number of amides is 1. The first-order chi connectivity index (χ1) is 9.07. The van der Waals surface area contributed by atoms with Crippen LogP contribution in [-0.4, -0.2) is 60.9 Å². The Hall–Kier alpha value is -1.14. The fourth-order valence-corrected chi connectivity index (χ4v) is 2.33. The van der Waals surface area contributed by atoms with E-state index < -0.39 is 11.9 Å². The third-order valence-corrected chi connectivity index (χ3v) is 3.43. The van der Waals surface area contributed by atoms with Crippen LogP contribution in [0.5, 0.6) is 0 Å². The van der Waals surface area contributed by atoms with Gasteiger partial charge in [-0.3, -0.25) is 9.59 Å². The van der Waals surface area contributed by atoms with E-state index in [0.717, 1.165) is 6.42 Å². The SMILES string of the molecule is CCOCCOCC(=O)N1CCC[C@H](C(=O)O)[C@@H]1C. The van der Waals surface area contributed by atoms with Gasteiger partial charge in [-0.2, -0.15) is 0 Å². The molecule has 1 fully saturated rings. The van der Waals surface area contributed by atoms with Crippen molar-refractivity contribution in [1.82, 2.24) is 4.90 Å². The number of carbonyl (C=O) groups excluding carboxylic acids is 1. The Balaban J connectivity index is 2.36. The van der Waals surface area contributed by atoms with Crippen LogP contribution in [0, 0.1) is 5.92 Å². The summed E-state index contributed by atoms with van der Waals surface area (Å²) in [7, 11) is 0. The number of hydrogen-bond donors (Lipinski definition) is 1. The van der Waals surface area contributed by atoms with E-state index in [4.69, 9.17) is 14.6 Å². The van der Waals surface area contributed by atoms with Crippen LogP contribution in [0.1, 0.15) is 26.7 Å². The summed E-state index contributed by atoms with van der Waals surface area (Å²) in [5.41, 5.74) is 0. The number of hydrogen-bond acceptors (Lipinski definition) is 4. The second kappa shape index (κ2) is 8.12. The predicted octanol–water partition coefficient (Wildman–Crippen LogP) is 0.751. The van der Waals surface area contributed by atoms with Crippen LogP contribution in [0.3, 0.4) is 0 Å². The zero-order valence-electron chi connectivity index (χ0n) is 11.6. The molecule has 1 aliphatic heterocycles. The summed E-state index contributed by atoms with van der Waals surface area (Å²) in [5.74, 6) is -1.45. The van der Waals surface area contributed by atoms with Crippen molar-refractivity contribution < 1.29 is 24.2 Å². The van der Waals surface area contributed by atoms with Gasteiger partial charge < -0.3 is 19.5 Å². The number of carbonyl (C=O) groups is 2. The Morgan fingerprint density at radius 1 is 1.32 bits per heavy atom. The summed E-state index contributed by atoms with van der Waals surface area (Å²) in [4.78, 5) is 24.7. The van der Waals surface area contributed by atoms with Crippen molar-refractivity contribution >= 4 is 11.9 Å². The van der Waals surface area contributed by atoms with Gasteiger partial charge >= 0.3 is 5.97 Å². The fraction of sp³-hybridized carbons (Fsp3) is 0.846. The van der Waals surface area contributed by atoms with Crippen LogP contribution in [0.4, 0.5) is 0 Å². The van der Waals surface area contributed by atoms with Crippen molar-refractivity contribution in [3.8, 4) is 0 Å². The molecule has 110 valence electrons. The first kappa shape index (κ1) is 15.9. The van der Waals surface area contributed by atoms with Gasteiger partial charge in [0.05, 0.1) is 19.1 Å². The minimum Gasteiger partial charge on any atom is -0.481 e. The van der Waals surface area contributed by atoms with Crippen molar-refractivity contribution in [2.75, 3.05) is 33.0 Å². The van der Waals surface area contributed by atoms with Crippen molar-refractivity contribution in [2.45, 2.75) is 32.7 Å². The topological polar surface area (TPSA) is 76.1 Å². The van der Waals surface area contributed by atoms with Crippen LogP contribution in [0.15, 0.2) is 0 Å². The number of carboxylic acid groups (broad SMARTS) is 1. The van der Waals surface area contributed by atoms with Crippen molar-refractivity contribution in [1.29, 1.82) is 0 Å². The summed E-state index contributed by atoms with van der Waals surface area (Å²) in [6.45, 7) is 5.76. The Bertz CT molecular complexity index is 307. The Labute approximate surface area is 113 Å². The van der Waals surface area contributed by atoms with Crippen molar-refractivity contribution in [3.63, 3.8) is 0 Å². The van der Waals surface area contributed by atoms with E-state index >= 15 is 0 Å². The first-order valence-electron chi connectivity index (χ1n) is 6.75. The molecular weight excluding hydrogens is 250 g/mol. The van der Waals surface area contributed by atoms with Gasteiger partial charge in [-0.15, -0.1) is 0 Å². The third-order valence-electron chi connectivity index (χ3n) is 3.43. The average Bonchev–Trinajstić information content (AvgIpc) is 2.38. The molecule has 0 unspecified atom stereocenters. The van der Waals surface area contributed by atoms with Gasteiger partial charge in [0.25, 0.3) is 0 Å². The van der Waals surface area contributed by atoms with E-state index in [1.54, 1.807) is 11.8 Å². The average molecular weight is 273 g/mol. The van der Waals surface area contributed by atoms with Crippen LogP contribution in [0.25, 0.3) is 0 Å². The highest BCUT2D eigenvalue weighted by molar-refractivity contribution is 5.79. The first-order valence-corrected chi connectivity index (χ1v) is 6.75. The number of carboxylic acids is 1. The normalized spacial score (nSPS) is 23.4. The standard InChI is InChI=1S/C13H23NO5/c1-3-18-7-8-19-9-12(15)14-6-4-5-11(10(14)2)13(16)17/h10-11H,3-9H2,1-2H3,(H,16,17)/t10-,11-/m0/s1. The smallest absolute Gasteiger partial charge is 0.308 e. The Morgan fingerprint density at radius 2 is 2.00 bits per heavy atom. The monoisotopic (exact) mass is 273 g/mol. The highest BCUT2D eigenvalue weighted by Crippen LogP contribution is 2.23. The lowest BCUT2D eigenvalue weighted by Crippen LogP contribution is -2.50. The molecular formula is C13H23NO5. The van der Waals surface area contributed by atoms with Crippen LogP contribution < -0.4 is 0 Å². The quantitative estimate of drug-likeness (QED) is 0.693. The molecule has 19 heavy (non-hydrogen) atoms. The number of nitrogens with zero attached hydrogens (tertiary/aromatic N) is 1. The lowest BCUT2D eigenvalue weighted by molar-refractivity contribution is -0.150. The molecule has 0 aliphatic carbocycles. The van der Waals surface area contributed by atoms with E-state index in [2.05, 4.69) is 0 Å². The predicted molar refractivity (Wildman–Crippen MR) is 68.8 cm³/mol. The summed E-state index contributed by atoms with van der Waals surface area (Å²) >= 11 is 0. The summed E-state index contributed by atoms with van der Waals surface area (Å²) in [6, 6.07) is -0.269. The molecule has 0 spiro atoms. The minimum atomic E-state index is -0.831. The number of likely N-dealkylation sites (tertiary alicyclic amines) is 1. The Morgan fingerprint density at radius 3 is 2.63 bits per heavy atom. The number of ether oxygens (including phenoxy) is 2. The molecule has 1 rings (SSSR count). The maximum Gasteiger partial charge on any atom is 0.308 e. The number of piperidine rings is 1. The molecule has 0 aromatic heterocycles. The molecule has 0 saturated carbocycles. The van der Waals surface area contributed by atoms with Gasteiger partial charge in [0.15, 0.2) is 0 Å². The molecule has 0 radical (unpaired) electrons. The van der Waals surface area contributed by atoms with Crippen LogP contribution in [0.2, 0.25) is 0 Å². The second-order valence-corrected chi connectivity index (χ2v) is 4.66. The molecule has 6 heteroatoms. The molecule has 1 heterocycles. The molecule has 1 N–H and O–H groups in total. The molecule has 0 bridgehead atoms. The highest BCUT2D eigenvalue weighted by atomic mass is 16.5. The molecule has 1 saturated heterocycles. The van der Waals surface area contributed by atoms with E-state index in [0.29, 0.717) is 32.8 Å². The lowest BCUT2D eigenvalue weighted by atomic mass is 9.90.